The summed E-state index contributed by atoms with van der Waals surface area (Å²) in [4.78, 5) is 15.6. The third kappa shape index (κ3) is 3.31. The van der Waals surface area contributed by atoms with E-state index in [9.17, 15) is 4.79 Å². The first kappa shape index (κ1) is 13.1. The lowest BCUT2D eigenvalue weighted by Crippen LogP contribution is -2.34. The van der Waals surface area contributed by atoms with E-state index < -0.39 is 0 Å². The normalized spacial score (nSPS) is 10.2. The maximum Gasteiger partial charge on any atom is 0.315 e. The summed E-state index contributed by atoms with van der Waals surface area (Å²) in [5.74, 6) is 0. The van der Waals surface area contributed by atoms with E-state index in [1.807, 2.05) is 38.2 Å². The summed E-state index contributed by atoms with van der Waals surface area (Å²) in [5, 5.41) is 9.77. The van der Waals surface area contributed by atoms with E-state index in [1.165, 1.54) is 0 Å². The van der Waals surface area contributed by atoms with Crippen LogP contribution in [-0.2, 0) is 13.6 Å². The number of aromatic nitrogens is 3. The van der Waals surface area contributed by atoms with Crippen molar-refractivity contribution in [1.29, 1.82) is 0 Å². The minimum Gasteiger partial charge on any atom is -0.338 e. The molecule has 6 nitrogen and oxygen atoms in total. The molecule has 2 heterocycles. The van der Waals surface area contributed by atoms with Gasteiger partial charge in [-0.15, -0.1) is 0 Å². The Morgan fingerprint density at radius 3 is 2.89 bits per heavy atom. The number of carbonyl (C=O) groups is 1. The van der Waals surface area contributed by atoms with Crippen molar-refractivity contribution in [3.8, 4) is 11.4 Å². The fourth-order valence-electron chi connectivity index (χ4n) is 1.76. The molecule has 0 bridgehead atoms. The maximum atomic E-state index is 11.3. The van der Waals surface area contributed by atoms with Gasteiger partial charge in [0.2, 0.25) is 0 Å². The highest BCUT2D eigenvalue weighted by Gasteiger charge is 2.08. The first-order valence-corrected chi connectivity index (χ1v) is 6.16. The molecule has 2 amide bonds. The molecule has 0 fully saturated rings. The molecule has 2 N–H and O–H groups in total. The average molecular weight is 259 g/mol. The summed E-state index contributed by atoms with van der Waals surface area (Å²) in [7, 11) is 1.86. The number of urea groups is 1. The summed E-state index contributed by atoms with van der Waals surface area (Å²) in [6, 6.07) is 7.47. The monoisotopic (exact) mass is 259 g/mol. The number of hydrogen-bond acceptors (Lipinski definition) is 3. The van der Waals surface area contributed by atoms with Crippen molar-refractivity contribution in [1.82, 2.24) is 25.4 Å². The van der Waals surface area contributed by atoms with Crippen molar-refractivity contribution in [2.24, 2.45) is 7.05 Å². The van der Waals surface area contributed by atoms with Gasteiger partial charge in [0.25, 0.3) is 0 Å². The molecule has 100 valence electrons. The molecule has 0 aliphatic carbocycles. The Bertz CT molecular complexity index is 549. The Morgan fingerprint density at radius 2 is 2.21 bits per heavy atom. The van der Waals surface area contributed by atoms with E-state index in [-0.39, 0.29) is 6.03 Å². The van der Waals surface area contributed by atoms with Crippen LogP contribution in [0.2, 0.25) is 0 Å². The van der Waals surface area contributed by atoms with Gasteiger partial charge >= 0.3 is 6.03 Å². The van der Waals surface area contributed by atoms with E-state index in [1.54, 1.807) is 10.9 Å². The Morgan fingerprint density at radius 1 is 1.37 bits per heavy atom. The van der Waals surface area contributed by atoms with Crippen LogP contribution in [0.4, 0.5) is 4.79 Å². The van der Waals surface area contributed by atoms with Crippen LogP contribution in [0.25, 0.3) is 11.4 Å². The van der Waals surface area contributed by atoms with Gasteiger partial charge in [0.1, 0.15) is 0 Å². The molecule has 2 rings (SSSR count). The summed E-state index contributed by atoms with van der Waals surface area (Å²) in [6.07, 6.45) is 1.74. The standard InChI is InChI=1S/C13H17N5O/c1-3-14-13(19)16-9-10-8-12(18(2)17-10)11-6-4-5-7-15-11/h4-8H,3,9H2,1-2H3,(H2,14,16,19). The van der Waals surface area contributed by atoms with Crippen molar-refractivity contribution in [3.63, 3.8) is 0 Å². The Labute approximate surface area is 111 Å². The number of carbonyl (C=O) groups excluding carboxylic acids is 1. The van der Waals surface area contributed by atoms with Crippen molar-refractivity contribution < 1.29 is 4.79 Å². The number of nitrogens with zero attached hydrogens (tertiary/aromatic N) is 3. The number of hydrogen-bond donors (Lipinski definition) is 2. The molecule has 0 unspecified atom stereocenters. The molecule has 19 heavy (non-hydrogen) atoms. The van der Waals surface area contributed by atoms with Crippen molar-refractivity contribution in [2.45, 2.75) is 13.5 Å². The molecule has 0 spiro atoms. The second kappa shape index (κ2) is 5.99. The fourth-order valence-corrected chi connectivity index (χ4v) is 1.76. The summed E-state index contributed by atoms with van der Waals surface area (Å²) < 4.78 is 1.76. The topological polar surface area (TPSA) is 71.8 Å². The highest BCUT2D eigenvalue weighted by atomic mass is 16.2. The van der Waals surface area contributed by atoms with Gasteiger partial charge in [-0.05, 0) is 25.1 Å². The zero-order valence-corrected chi connectivity index (χ0v) is 11.1. The number of aryl methyl sites for hydroxylation is 1. The summed E-state index contributed by atoms with van der Waals surface area (Å²) in [6.45, 7) is 2.87. The van der Waals surface area contributed by atoms with Gasteiger partial charge in [0.05, 0.1) is 23.6 Å². The van der Waals surface area contributed by atoms with E-state index in [2.05, 4.69) is 20.7 Å². The molecule has 0 radical (unpaired) electrons. The van der Waals surface area contributed by atoms with Crippen LogP contribution in [-0.4, -0.2) is 27.3 Å². The van der Waals surface area contributed by atoms with Crippen LogP contribution in [0.3, 0.4) is 0 Å². The second-order valence-electron chi connectivity index (χ2n) is 4.07. The number of nitrogens with one attached hydrogen (secondary N) is 2. The zero-order valence-electron chi connectivity index (χ0n) is 11.1. The number of pyridine rings is 1. The highest BCUT2D eigenvalue weighted by Crippen LogP contribution is 2.16. The number of amides is 2. The predicted molar refractivity (Wildman–Crippen MR) is 72.4 cm³/mol. The molecular weight excluding hydrogens is 242 g/mol. The summed E-state index contributed by atoms with van der Waals surface area (Å²) in [5.41, 5.74) is 2.59. The van der Waals surface area contributed by atoms with Gasteiger partial charge in [-0.2, -0.15) is 5.10 Å². The van der Waals surface area contributed by atoms with Gasteiger partial charge in [-0.25, -0.2) is 4.79 Å². The van der Waals surface area contributed by atoms with Crippen LogP contribution < -0.4 is 10.6 Å². The first-order valence-electron chi connectivity index (χ1n) is 6.16. The zero-order chi connectivity index (χ0) is 13.7. The highest BCUT2D eigenvalue weighted by molar-refractivity contribution is 5.73. The largest absolute Gasteiger partial charge is 0.338 e. The van der Waals surface area contributed by atoms with E-state index in [0.29, 0.717) is 13.1 Å². The Hall–Kier alpha value is -2.37. The molecule has 0 aliphatic rings. The van der Waals surface area contributed by atoms with Gasteiger partial charge < -0.3 is 10.6 Å². The van der Waals surface area contributed by atoms with E-state index in [4.69, 9.17) is 0 Å². The molecule has 0 aliphatic heterocycles. The maximum absolute atomic E-state index is 11.3. The van der Waals surface area contributed by atoms with Crippen LogP contribution in [0, 0.1) is 0 Å². The molecule has 0 saturated carbocycles. The van der Waals surface area contributed by atoms with Crippen LogP contribution in [0.1, 0.15) is 12.6 Å². The SMILES string of the molecule is CCNC(=O)NCc1cc(-c2ccccn2)n(C)n1. The molecule has 0 saturated heterocycles. The first-order chi connectivity index (χ1) is 9.20. The molecule has 2 aromatic rings. The minimum absolute atomic E-state index is 0.187. The summed E-state index contributed by atoms with van der Waals surface area (Å²) >= 11 is 0. The fraction of sp³-hybridized carbons (Fsp3) is 0.308. The predicted octanol–water partition coefficient (Wildman–Crippen LogP) is 1.30. The Balaban J connectivity index is 2.07. The van der Waals surface area contributed by atoms with Crippen LogP contribution in [0.5, 0.6) is 0 Å². The number of rotatable bonds is 4. The van der Waals surface area contributed by atoms with Gasteiger partial charge in [0, 0.05) is 19.8 Å². The Kier molecular flexibility index (Phi) is 4.12. The second-order valence-corrected chi connectivity index (χ2v) is 4.07. The minimum atomic E-state index is -0.187. The molecule has 0 aromatic carbocycles. The molecular formula is C13H17N5O. The third-order valence-corrected chi connectivity index (χ3v) is 2.63. The van der Waals surface area contributed by atoms with Crippen molar-refractivity contribution in [3.05, 3.63) is 36.2 Å². The quantitative estimate of drug-likeness (QED) is 0.869. The van der Waals surface area contributed by atoms with Crippen molar-refractivity contribution in [2.75, 3.05) is 6.54 Å². The smallest absolute Gasteiger partial charge is 0.315 e. The van der Waals surface area contributed by atoms with Crippen LogP contribution >= 0.6 is 0 Å². The lowest BCUT2D eigenvalue weighted by molar-refractivity contribution is 0.241. The van der Waals surface area contributed by atoms with Gasteiger partial charge in [-0.1, -0.05) is 6.07 Å². The van der Waals surface area contributed by atoms with Crippen LogP contribution in [0.15, 0.2) is 30.5 Å². The third-order valence-electron chi connectivity index (χ3n) is 2.63. The lowest BCUT2D eigenvalue weighted by atomic mass is 10.2. The average Bonchev–Trinajstić information content (AvgIpc) is 2.79. The molecule has 2 aromatic heterocycles. The van der Waals surface area contributed by atoms with Gasteiger partial charge in [-0.3, -0.25) is 9.67 Å². The lowest BCUT2D eigenvalue weighted by Gasteiger charge is -2.02. The van der Waals surface area contributed by atoms with E-state index >= 15 is 0 Å². The van der Waals surface area contributed by atoms with E-state index in [0.717, 1.165) is 17.1 Å². The van der Waals surface area contributed by atoms with Gasteiger partial charge in [0.15, 0.2) is 0 Å². The molecule has 6 heteroatoms. The molecule has 0 atom stereocenters. The van der Waals surface area contributed by atoms with Crippen molar-refractivity contribution >= 4 is 6.03 Å².